The van der Waals surface area contributed by atoms with Gasteiger partial charge >= 0.3 is 5.97 Å². The minimum absolute atomic E-state index is 0.0345. The molecule has 2 N–H and O–H groups in total. The number of nitrogens with zero attached hydrogens (tertiary/aromatic N) is 1. The van der Waals surface area contributed by atoms with Crippen molar-refractivity contribution in [2.45, 2.75) is 45.6 Å². The topological polar surface area (TPSA) is 124 Å². The van der Waals surface area contributed by atoms with E-state index < -0.39 is 32.9 Å². The Kier molecular flexibility index (Phi) is 5.11. The molecule has 0 amide bonds. The number of nitrogens with one attached hydrogen (secondary N) is 1. The standard InChI is InChI=1S/C20H24N2O5S/c1-19(2)15-6-7-20(19,17(23)10-15)12-28(26,27)22-16(18(24)25)9-13-4-3-5-14(8-13)11-21/h3-5,8,15-16,22H,6-7,9-10,12H2,1-2H3,(H,24,25)/t15-,16-,20-/m0/s1. The molecular weight excluding hydrogens is 380 g/mol. The number of sulfonamides is 1. The zero-order valence-electron chi connectivity index (χ0n) is 15.9. The second-order valence-corrected chi connectivity index (χ2v) is 10.2. The van der Waals surface area contributed by atoms with E-state index in [9.17, 15) is 23.1 Å². The fourth-order valence-electron chi connectivity index (χ4n) is 4.87. The predicted octanol–water partition coefficient (Wildman–Crippen LogP) is 1.87. The van der Waals surface area contributed by atoms with E-state index in [0.29, 0.717) is 24.0 Å². The van der Waals surface area contributed by atoms with Gasteiger partial charge in [0.05, 0.1) is 17.4 Å². The molecule has 0 unspecified atom stereocenters. The highest BCUT2D eigenvalue weighted by Gasteiger charge is 2.65. The Hall–Kier alpha value is -2.24. The van der Waals surface area contributed by atoms with E-state index in [4.69, 9.17) is 5.26 Å². The van der Waals surface area contributed by atoms with Gasteiger partial charge < -0.3 is 5.11 Å². The Balaban J connectivity index is 1.80. The third-order valence-electron chi connectivity index (χ3n) is 6.69. The average Bonchev–Trinajstić information content (AvgIpc) is 2.95. The number of aliphatic carboxylic acids is 1. The normalized spacial score (nSPS) is 26.8. The maximum absolute atomic E-state index is 12.9. The van der Waals surface area contributed by atoms with Crippen molar-refractivity contribution in [3.8, 4) is 6.07 Å². The van der Waals surface area contributed by atoms with Crippen LogP contribution in [0.3, 0.4) is 0 Å². The first-order valence-electron chi connectivity index (χ1n) is 9.26. The van der Waals surface area contributed by atoms with Crippen LogP contribution in [0.2, 0.25) is 0 Å². The number of carboxylic acid groups (broad SMARTS) is 1. The number of carbonyl (C=O) groups is 2. The van der Waals surface area contributed by atoms with E-state index >= 15 is 0 Å². The van der Waals surface area contributed by atoms with Crippen LogP contribution in [0.4, 0.5) is 0 Å². The van der Waals surface area contributed by atoms with Gasteiger partial charge in [0, 0.05) is 11.8 Å². The van der Waals surface area contributed by atoms with Gasteiger partial charge in [-0.15, -0.1) is 0 Å². The third-order valence-corrected chi connectivity index (χ3v) is 8.21. The number of ketones is 1. The maximum atomic E-state index is 12.9. The van der Waals surface area contributed by atoms with Gasteiger partial charge in [0.15, 0.2) is 0 Å². The van der Waals surface area contributed by atoms with E-state index in [2.05, 4.69) is 4.72 Å². The molecule has 0 aliphatic heterocycles. The second-order valence-electron chi connectivity index (χ2n) is 8.45. The molecule has 0 aromatic heterocycles. The lowest BCUT2D eigenvalue weighted by molar-refractivity contribution is -0.138. The number of hydrogen-bond donors (Lipinski definition) is 2. The van der Waals surface area contributed by atoms with Gasteiger partial charge in [-0.3, -0.25) is 9.59 Å². The minimum Gasteiger partial charge on any atom is -0.480 e. The Bertz CT molecular complexity index is 963. The average molecular weight is 404 g/mol. The molecule has 0 radical (unpaired) electrons. The molecule has 2 bridgehead atoms. The second kappa shape index (κ2) is 6.98. The zero-order chi connectivity index (χ0) is 20.7. The number of hydrogen-bond acceptors (Lipinski definition) is 5. The number of carbonyl (C=O) groups excluding carboxylic acids is 1. The van der Waals surface area contributed by atoms with Crippen LogP contribution in [0.5, 0.6) is 0 Å². The lowest BCUT2D eigenvalue weighted by atomic mass is 9.70. The molecule has 0 spiro atoms. The fraction of sp³-hybridized carbons (Fsp3) is 0.550. The van der Waals surface area contributed by atoms with Gasteiger partial charge in [0.2, 0.25) is 10.0 Å². The lowest BCUT2D eigenvalue weighted by Gasteiger charge is -2.36. The van der Waals surface area contributed by atoms with Crippen LogP contribution in [0, 0.1) is 28.1 Å². The summed E-state index contributed by atoms with van der Waals surface area (Å²) in [4.78, 5) is 24.3. The molecule has 2 saturated carbocycles. The van der Waals surface area contributed by atoms with Crippen molar-refractivity contribution in [1.29, 1.82) is 5.26 Å². The highest BCUT2D eigenvalue weighted by Crippen LogP contribution is 2.64. The number of nitriles is 1. The van der Waals surface area contributed by atoms with Gasteiger partial charge in [-0.05, 0) is 48.3 Å². The molecule has 2 fully saturated rings. The molecule has 150 valence electrons. The molecule has 8 heteroatoms. The molecule has 1 aromatic rings. The largest absolute Gasteiger partial charge is 0.480 e. The Morgan fingerprint density at radius 3 is 2.68 bits per heavy atom. The maximum Gasteiger partial charge on any atom is 0.322 e. The van der Waals surface area contributed by atoms with Crippen LogP contribution in [-0.4, -0.2) is 37.1 Å². The van der Waals surface area contributed by atoms with E-state index in [1.54, 1.807) is 18.2 Å². The number of Topliss-reactive ketones (excluding diaryl/α,β-unsaturated/α-hetero) is 1. The number of benzene rings is 1. The number of carboxylic acids is 1. The number of rotatable bonds is 7. The summed E-state index contributed by atoms with van der Waals surface area (Å²) < 4.78 is 28.0. The molecule has 3 atom stereocenters. The van der Waals surface area contributed by atoms with Gasteiger partial charge in [-0.2, -0.15) is 5.26 Å². The van der Waals surface area contributed by atoms with Crippen molar-refractivity contribution in [3.63, 3.8) is 0 Å². The molecule has 3 rings (SSSR count). The Morgan fingerprint density at radius 2 is 2.14 bits per heavy atom. The van der Waals surface area contributed by atoms with Crippen LogP contribution >= 0.6 is 0 Å². The van der Waals surface area contributed by atoms with Crippen LogP contribution < -0.4 is 4.72 Å². The monoisotopic (exact) mass is 404 g/mol. The van der Waals surface area contributed by atoms with Crippen molar-refractivity contribution in [1.82, 2.24) is 4.72 Å². The van der Waals surface area contributed by atoms with Crippen molar-refractivity contribution < 1.29 is 23.1 Å². The van der Waals surface area contributed by atoms with Crippen LogP contribution in [0.15, 0.2) is 24.3 Å². The van der Waals surface area contributed by atoms with Crippen LogP contribution in [0.1, 0.15) is 44.2 Å². The third kappa shape index (κ3) is 3.45. The van der Waals surface area contributed by atoms with Crippen LogP contribution in [-0.2, 0) is 26.0 Å². The lowest BCUT2D eigenvalue weighted by Crippen LogP contribution is -2.49. The summed E-state index contributed by atoms with van der Waals surface area (Å²) in [6.07, 6.45) is 1.65. The van der Waals surface area contributed by atoms with Crippen molar-refractivity contribution in [3.05, 3.63) is 35.4 Å². The van der Waals surface area contributed by atoms with Crippen molar-refractivity contribution in [2.24, 2.45) is 16.7 Å². The smallest absolute Gasteiger partial charge is 0.322 e. The molecule has 0 saturated heterocycles. The molecule has 1 aromatic carbocycles. The summed E-state index contributed by atoms with van der Waals surface area (Å²) in [5.41, 5.74) is -0.449. The number of fused-ring (bicyclic) bond motifs is 2. The first kappa shape index (κ1) is 20.5. The van der Waals surface area contributed by atoms with Gasteiger partial charge in [0.1, 0.15) is 11.8 Å². The Morgan fingerprint density at radius 1 is 1.43 bits per heavy atom. The molecule has 7 nitrogen and oxygen atoms in total. The molecule has 2 aliphatic carbocycles. The van der Waals surface area contributed by atoms with Gasteiger partial charge in [0.25, 0.3) is 0 Å². The van der Waals surface area contributed by atoms with Gasteiger partial charge in [-0.25, -0.2) is 13.1 Å². The molecule has 28 heavy (non-hydrogen) atoms. The van der Waals surface area contributed by atoms with Crippen molar-refractivity contribution in [2.75, 3.05) is 5.75 Å². The van der Waals surface area contributed by atoms with E-state index in [1.807, 2.05) is 19.9 Å². The molecular formula is C20H24N2O5S. The molecule has 2 aliphatic rings. The quantitative estimate of drug-likeness (QED) is 0.715. The summed E-state index contributed by atoms with van der Waals surface area (Å²) in [6.45, 7) is 3.88. The predicted molar refractivity (Wildman–Crippen MR) is 102 cm³/mol. The van der Waals surface area contributed by atoms with Crippen molar-refractivity contribution >= 4 is 21.8 Å². The first-order valence-corrected chi connectivity index (χ1v) is 10.9. The van der Waals surface area contributed by atoms with Crippen LogP contribution in [0.25, 0.3) is 0 Å². The summed E-state index contributed by atoms with van der Waals surface area (Å²) in [5, 5.41) is 18.5. The highest BCUT2D eigenvalue weighted by atomic mass is 32.2. The summed E-state index contributed by atoms with van der Waals surface area (Å²) in [6, 6.07) is 7.00. The molecule has 0 heterocycles. The SMILES string of the molecule is CC1(C)[C@H]2CC[C@]1(CS(=O)(=O)N[C@@H](Cc1cccc(C#N)c1)C(=O)O)C(=O)C2. The minimum atomic E-state index is -4.01. The zero-order valence-corrected chi connectivity index (χ0v) is 16.8. The summed E-state index contributed by atoms with van der Waals surface area (Å²) in [5.74, 6) is -1.54. The van der Waals surface area contributed by atoms with E-state index in [-0.39, 0.29) is 23.9 Å². The fourth-order valence-corrected chi connectivity index (χ4v) is 6.90. The first-order chi connectivity index (χ1) is 13.0. The Labute approximate surface area is 164 Å². The van der Waals surface area contributed by atoms with E-state index in [1.165, 1.54) is 6.07 Å². The summed E-state index contributed by atoms with van der Waals surface area (Å²) >= 11 is 0. The summed E-state index contributed by atoms with van der Waals surface area (Å²) in [7, 11) is -4.01. The van der Waals surface area contributed by atoms with Gasteiger partial charge in [-0.1, -0.05) is 26.0 Å². The highest BCUT2D eigenvalue weighted by molar-refractivity contribution is 7.89. The van der Waals surface area contributed by atoms with E-state index in [0.717, 1.165) is 6.42 Å².